The summed E-state index contributed by atoms with van der Waals surface area (Å²) in [6.07, 6.45) is -1.65. The van der Waals surface area contributed by atoms with E-state index in [0.29, 0.717) is 19.2 Å². The van der Waals surface area contributed by atoms with Crippen molar-refractivity contribution in [1.82, 2.24) is 16.0 Å². The molecule has 11 atom stereocenters. The van der Waals surface area contributed by atoms with Crippen LogP contribution < -0.4 is 16.0 Å². The first-order valence-electron chi connectivity index (χ1n) is 10.5. The van der Waals surface area contributed by atoms with Crippen molar-refractivity contribution in [3.8, 4) is 0 Å². The molecule has 0 aliphatic carbocycles. The maximum atomic E-state index is 13.1. The average Bonchev–Trinajstić information content (AvgIpc) is 3.00. The van der Waals surface area contributed by atoms with E-state index in [9.17, 15) is 20.1 Å². The van der Waals surface area contributed by atoms with Gasteiger partial charge in [-0.1, -0.05) is 0 Å². The minimum Gasteiger partial charge on any atom is -0.388 e. The van der Waals surface area contributed by atoms with Gasteiger partial charge >= 0.3 is 0 Å². The van der Waals surface area contributed by atoms with E-state index in [4.69, 9.17) is 21.1 Å². The molecule has 0 spiro atoms. The van der Waals surface area contributed by atoms with E-state index < -0.39 is 47.3 Å². The van der Waals surface area contributed by atoms with Gasteiger partial charge in [0.2, 0.25) is 5.91 Å². The van der Waals surface area contributed by atoms with Crippen LogP contribution in [0.2, 0.25) is 0 Å². The van der Waals surface area contributed by atoms with Crippen molar-refractivity contribution in [3.05, 3.63) is 0 Å². The van der Waals surface area contributed by atoms with Gasteiger partial charge in [-0.3, -0.25) is 4.79 Å². The number of hydrogen-bond acceptors (Lipinski definition) is 9. The lowest BCUT2D eigenvalue weighted by Crippen LogP contribution is -2.65. The number of alkyl halides is 1. The van der Waals surface area contributed by atoms with Crippen molar-refractivity contribution >= 4 is 29.3 Å². The lowest BCUT2D eigenvalue weighted by atomic mass is 9.92. The van der Waals surface area contributed by atoms with E-state index in [1.807, 2.05) is 7.05 Å². The molecule has 3 rings (SSSR count). The van der Waals surface area contributed by atoms with E-state index in [-0.39, 0.29) is 17.9 Å². The molecular weight excluding hydrogens is 434 g/mol. The molecule has 0 aromatic heterocycles. The summed E-state index contributed by atoms with van der Waals surface area (Å²) in [5.41, 5.74) is -0.735. The Kier molecular flexibility index (Phi) is 8.67. The molecule has 9 nitrogen and oxygen atoms in total. The average molecular weight is 468 g/mol. The summed E-state index contributed by atoms with van der Waals surface area (Å²) in [7, 11) is 1.94. The molecule has 0 saturated carbocycles. The zero-order chi connectivity index (χ0) is 22.0. The summed E-state index contributed by atoms with van der Waals surface area (Å²) >= 11 is 7.57. The Balaban J connectivity index is 1.70. The Bertz CT molecular complexity index is 588. The van der Waals surface area contributed by atoms with Crippen LogP contribution in [0.15, 0.2) is 0 Å². The third-order valence-corrected chi connectivity index (χ3v) is 7.57. The summed E-state index contributed by atoms with van der Waals surface area (Å²) in [6, 6.07) is -0.930. The van der Waals surface area contributed by atoms with E-state index >= 15 is 0 Å². The number of aliphatic hydroxyl groups is 3. The van der Waals surface area contributed by atoms with Gasteiger partial charge in [-0.2, -0.15) is 0 Å². The summed E-state index contributed by atoms with van der Waals surface area (Å²) in [6.45, 7) is 2.96. The molecule has 0 radical (unpaired) electrons. The molecule has 1 amide bonds. The number of nitrogens with one attached hydrogen (secondary N) is 3. The van der Waals surface area contributed by atoms with Crippen LogP contribution in [0.25, 0.3) is 0 Å². The Morgan fingerprint density at radius 1 is 1.27 bits per heavy atom. The molecule has 3 aliphatic rings. The molecule has 3 heterocycles. The molecule has 3 fully saturated rings. The molecule has 11 heteroatoms. The fourth-order valence-corrected chi connectivity index (χ4v) is 5.53. The second-order valence-corrected chi connectivity index (χ2v) is 10.0. The van der Waals surface area contributed by atoms with Crippen LogP contribution in [-0.2, 0) is 14.3 Å². The first-order chi connectivity index (χ1) is 14.3. The number of rotatable bonds is 6. The topological polar surface area (TPSA) is 132 Å². The lowest BCUT2D eigenvalue weighted by molar-refractivity contribution is -0.205. The van der Waals surface area contributed by atoms with E-state index in [1.165, 1.54) is 11.8 Å². The summed E-state index contributed by atoms with van der Waals surface area (Å²) in [5, 5.41) is 39.7. The van der Waals surface area contributed by atoms with Crippen LogP contribution in [0, 0.1) is 5.92 Å². The van der Waals surface area contributed by atoms with Gasteiger partial charge in [-0.05, 0) is 33.1 Å². The fourth-order valence-electron chi connectivity index (χ4n) is 4.64. The molecule has 6 N–H and O–H groups in total. The van der Waals surface area contributed by atoms with Gasteiger partial charge in [-0.15, -0.1) is 23.4 Å². The van der Waals surface area contributed by atoms with Crippen LogP contribution in [0.4, 0.5) is 0 Å². The van der Waals surface area contributed by atoms with E-state index in [0.717, 1.165) is 12.8 Å². The number of thioether (sulfide) groups is 1. The van der Waals surface area contributed by atoms with Gasteiger partial charge in [-0.25, -0.2) is 0 Å². The Hall–Kier alpha value is -0.170. The maximum absolute atomic E-state index is 13.1. The smallest absolute Gasteiger partial charge is 0.240 e. The van der Waals surface area contributed by atoms with Crippen molar-refractivity contribution in [3.63, 3.8) is 0 Å². The summed E-state index contributed by atoms with van der Waals surface area (Å²) < 4.78 is 11.8. The summed E-state index contributed by atoms with van der Waals surface area (Å²) in [5.74, 6) is -0.0537. The Morgan fingerprint density at radius 2 is 2.00 bits per heavy atom. The van der Waals surface area contributed by atoms with E-state index in [1.54, 1.807) is 13.2 Å². The number of carbonyl (C=O) groups is 1. The third-order valence-electron chi connectivity index (χ3n) is 6.44. The van der Waals surface area contributed by atoms with Gasteiger partial charge in [0.1, 0.15) is 35.9 Å². The lowest BCUT2D eigenvalue weighted by Gasteiger charge is -2.44. The predicted molar refractivity (Wildman–Crippen MR) is 115 cm³/mol. The van der Waals surface area contributed by atoms with Crippen molar-refractivity contribution in [2.75, 3.05) is 26.5 Å². The summed E-state index contributed by atoms with van der Waals surface area (Å²) in [4.78, 5) is 13.1. The molecule has 30 heavy (non-hydrogen) atoms. The highest BCUT2D eigenvalue weighted by molar-refractivity contribution is 7.99. The Labute approximate surface area is 186 Å². The van der Waals surface area contributed by atoms with Crippen LogP contribution in [-0.4, -0.2) is 107 Å². The molecule has 0 aromatic carbocycles. The quantitative estimate of drug-likeness (QED) is 0.262. The molecular formula is C19H34ClN3O6S. The molecule has 174 valence electrons. The second-order valence-electron chi connectivity index (χ2n) is 8.38. The number of aliphatic hydroxyl groups excluding tert-OH is 3. The number of amides is 1. The number of hydrogen-bond donors (Lipinski definition) is 6. The fraction of sp³-hybridized carbons (Fsp3) is 0.947. The number of halogens is 1. The number of carbonyl (C=O) groups excluding carboxylic acids is 1. The predicted octanol–water partition coefficient (Wildman–Crippen LogP) is -1.38. The van der Waals surface area contributed by atoms with E-state index in [2.05, 4.69) is 16.0 Å². The highest BCUT2D eigenvalue weighted by Gasteiger charge is 2.49. The second kappa shape index (κ2) is 10.6. The zero-order valence-corrected chi connectivity index (χ0v) is 19.1. The van der Waals surface area contributed by atoms with Gasteiger partial charge in [0.25, 0.3) is 0 Å². The van der Waals surface area contributed by atoms with Crippen LogP contribution in [0.1, 0.15) is 19.8 Å². The Morgan fingerprint density at radius 3 is 2.63 bits per heavy atom. The van der Waals surface area contributed by atoms with Crippen LogP contribution in [0.3, 0.4) is 0 Å². The van der Waals surface area contributed by atoms with Crippen molar-refractivity contribution < 1.29 is 29.6 Å². The van der Waals surface area contributed by atoms with Crippen LogP contribution >= 0.6 is 23.4 Å². The minimum atomic E-state index is -1.39. The number of fused-ring (bicyclic) bond motifs is 1. The van der Waals surface area contributed by atoms with Crippen molar-refractivity contribution in [2.45, 2.75) is 79.2 Å². The first kappa shape index (κ1) is 24.5. The van der Waals surface area contributed by atoms with Crippen molar-refractivity contribution in [2.24, 2.45) is 5.92 Å². The van der Waals surface area contributed by atoms with Gasteiger partial charge in [0, 0.05) is 25.1 Å². The van der Waals surface area contributed by atoms with Gasteiger partial charge < -0.3 is 40.7 Å². The molecule has 0 bridgehead atoms. The minimum absolute atomic E-state index is 0.224. The van der Waals surface area contributed by atoms with Gasteiger partial charge in [0.05, 0.1) is 17.5 Å². The largest absolute Gasteiger partial charge is 0.388 e. The normalized spacial score (nSPS) is 44.0. The molecule has 3 aliphatic heterocycles. The monoisotopic (exact) mass is 467 g/mol. The SMILES string of the molecule is CNC1CCO[C@@H]2[C@H](CN[C@@H]2C(=O)N[C@@H](C2OC(SC)C(O)C(O)C2O)[C@H](C)Cl)C1. The van der Waals surface area contributed by atoms with Crippen LogP contribution in [0.5, 0.6) is 0 Å². The molecule has 0 aromatic rings. The van der Waals surface area contributed by atoms with Crippen molar-refractivity contribution in [1.29, 1.82) is 0 Å². The first-order valence-corrected chi connectivity index (χ1v) is 12.2. The standard InChI is InChI=1S/C19H34ClN3O6S/c1-8(20)11(17-14(25)13(24)15(26)19(29-17)30-3)23-18(27)12-16-9(7-22-12)6-10(21-2)4-5-28-16/h8-17,19,21-22,24-26H,4-7H2,1-3H3,(H,23,27)/t8-,9-,10?,11+,12-,13?,14?,15?,16+,17?,19?/m0/s1. The number of ether oxygens (including phenoxy) is 2. The molecule has 3 saturated heterocycles. The highest BCUT2D eigenvalue weighted by Crippen LogP contribution is 2.31. The molecule has 6 unspecified atom stereocenters. The maximum Gasteiger partial charge on any atom is 0.240 e. The zero-order valence-electron chi connectivity index (χ0n) is 17.5. The highest BCUT2D eigenvalue weighted by atomic mass is 35.5. The third kappa shape index (κ3) is 5.07. The van der Waals surface area contributed by atoms with Gasteiger partial charge in [0.15, 0.2) is 0 Å².